The van der Waals surface area contributed by atoms with Crippen LogP contribution in [0.2, 0.25) is 5.02 Å². The predicted octanol–water partition coefficient (Wildman–Crippen LogP) is 2.49. The number of rotatable bonds is 4. The lowest BCUT2D eigenvalue weighted by atomic mass is 9.96. The van der Waals surface area contributed by atoms with Crippen molar-refractivity contribution >= 4 is 17.5 Å². The molecule has 21 heavy (non-hydrogen) atoms. The maximum absolute atomic E-state index is 12.1. The largest absolute Gasteiger partial charge is 0.351 e. The third-order valence-electron chi connectivity index (χ3n) is 3.95. The number of pyridine rings is 1. The number of aromatic amines is 1. The molecule has 108 valence electrons. The summed E-state index contributed by atoms with van der Waals surface area (Å²) in [6.45, 7) is 0.590. The first-order valence-electron chi connectivity index (χ1n) is 6.83. The van der Waals surface area contributed by atoms with Crippen molar-refractivity contribution in [2.24, 2.45) is 0 Å². The van der Waals surface area contributed by atoms with Gasteiger partial charge in [-0.25, -0.2) is 0 Å². The normalized spacial score (nSPS) is 15.5. The summed E-state index contributed by atoms with van der Waals surface area (Å²) in [4.78, 5) is 25.8. The topological polar surface area (TPSA) is 62.0 Å². The van der Waals surface area contributed by atoms with Crippen LogP contribution >= 0.6 is 11.6 Å². The number of nitrogens with one attached hydrogen (secondary N) is 2. The Morgan fingerprint density at radius 1 is 1.29 bits per heavy atom. The maximum atomic E-state index is 12.1. The second-order valence-electron chi connectivity index (χ2n) is 5.39. The van der Waals surface area contributed by atoms with Gasteiger partial charge in [0, 0.05) is 18.2 Å². The summed E-state index contributed by atoms with van der Waals surface area (Å²) >= 11 is 5.73. The molecule has 1 saturated carbocycles. The van der Waals surface area contributed by atoms with Crippen molar-refractivity contribution in [1.29, 1.82) is 0 Å². The van der Waals surface area contributed by atoms with E-state index in [-0.39, 0.29) is 16.3 Å². The van der Waals surface area contributed by atoms with Crippen molar-refractivity contribution in [1.82, 2.24) is 10.3 Å². The molecule has 1 aromatic heterocycles. The molecule has 0 saturated heterocycles. The van der Waals surface area contributed by atoms with Gasteiger partial charge in [0.25, 0.3) is 11.5 Å². The molecule has 1 aromatic carbocycles. The number of amides is 1. The van der Waals surface area contributed by atoms with Crippen LogP contribution in [0.15, 0.2) is 47.4 Å². The first-order valence-corrected chi connectivity index (χ1v) is 7.20. The van der Waals surface area contributed by atoms with Crippen molar-refractivity contribution in [2.75, 3.05) is 6.54 Å². The number of benzene rings is 1. The van der Waals surface area contributed by atoms with Gasteiger partial charge in [-0.2, -0.15) is 0 Å². The summed E-state index contributed by atoms with van der Waals surface area (Å²) < 4.78 is 0. The molecular weight excluding hydrogens is 288 g/mol. The minimum absolute atomic E-state index is 0.0202. The first-order chi connectivity index (χ1) is 10.1. The molecule has 2 N–H and O–H groups in total. The van der Waals surface area contributed by atoms with Gasteiger partial charge < -0.3 is 10.3 Å². The van der Waals surface area contributed by atoms with Crippen molar-refractivity contribution in [3.05, 3.63) is 69.1 Å². The lowest BCUT2D eigenvalue weighted by Gasteiger charge is -2.16. The third-order valence-corrected chi connectivity index (χ3v) is 4.23. The van der Waals surface area contributed by atoms with Crippen molar-refractivity contribution in [3.63, 3.8) is 0 Å². The van der Waals surface area contributed by atoms with E-state index < -0.39 is 5.56 Å². The maximum Gasteiger partial charge on any atom is 0.266 e. The molecule has 4 nitrogen and oxygen atoms in total. The summed E-state index contributed by atoms with van der Waals surface area (Å²) in [6, 6.07) is 11.6. The van der Waals surface area contributed by atoms with Gasteiger partial charge in [0.1, 0.15) is 5.02 Å². The summed E-state index contributed by atoms with van der Waals surface area (Å²) in [5.74, 6) is -0.227. The highest BCUT2D eigenvalue weighted by molar-refractivity contribution is 6.30. The molecule has 1 amide bonds. The zero-order chi connectivity index (χ0) is 14.9. The van der Waals surface area contributed by atoms with Crippen LogP contribution in [0.4, 0.5) is 0 Å². The molecule has 1 heterocycles. The second kappa shape index (κ2) is 5.37. The van der Waals surface area contributed by atoms with E-state index >= 15 is 0 Å². The number of aromatic nitrogens is 1. The zero-order valence-corrected chi connectivity index (χ0v) is 12.1. The number of hydrogen-bond donors (Lipinski definition) is 2. The monoisotopic (exact) mass is 302 g/mol. The van der Waals surface area contributed by atoms with E-state index in [2.05, 4.69) is 22.4 Å². The molecule has 1 fully saturated rings. The van der Waals surface area contributed by atoms with Crippen LogP contribution in [0.3, 0.4) is 0 Å². The van der Waals surface area contributed by atoms with Crippen molar-refractivity contribution in [2.45, 2.75) is 18.3 Å². The first kappa shape index (κ1) is 13.9. The van der Waals surface area contributed by atoms with Crippen LogP contribution in [0.1, 0.15) is 28.8 Å². The lowest BCUT2D eigenvalue weighted by molar-refractivity contribution is 0.0949. The fourth-order valence-electron chi connectivity index (χ4n) is 2.45. The predicted molar refractivity (Wildman–Crippen MR) is 81.8 cm³/mol. The van der Waals surface area contributed by atoms with Crippen LogP contribution < -0.4 is 10.9 Å². The SMILES string of the molecule is O=C(NCC1(c2ccccc2)CC1)c1c[nH]c(=O)c(Cl)c1. The Hall–Kier alpha value is -2.07. The standard InChI is InChI=1S/C16H15ClN2O2/c17-13-8-11(9-18-15(13)21)14(20)19-10-16(6-7-16)12-4-2-1-3-5-12/h1-5,8-9H,6-7,10H2,(H,18,21)(H,19,20). The molecular formula is C16H15ClN2O2. The van der Waals surface area contributed by atoms with Gasteiger partial charge in [0.05, 0.1) is 5.56 Å². The molecule has 0 atom stereocenters. The summed E-state index contributed by atoms with van der Waals surface area (Å²) in [5, 5.41) is 2.95. The number of halogens is 1. The molecule has 0 aliphatic heterocycles. The summed E-state index contributed by atoms with van der Waals surface area (Å²) in [5.41, 5.74) is 1.28. The summed E-state index contributed by atoms with van der Waals surface area (Å²) in [6.07, 6.45) is 3.53. The average Bonchev–Trinajstić information content (AvgIpc) is 3.30. The van der Waals surface area contributed by atoms with E-state index in [0.29, 0.717) is 12.1 Å². The molecule has 0 bridgehead atoms. The Morgan fingerprint density at radius 2 is 2.00 bits per heavy atom. The molecule has 0 unspecified atom stereocenters. The van der Waals surface area contributed by atoms with E-state index in [9.17, 15) is 9.59 Å². The Morgan fingerprint density at radius 3 is 2.62 bits per heavy atom. The highest BCUT2D eigenvalue weighted by Crippen LogP contribution is 2.47. The molecule has 5 heteroatoms. The quantitative estimate of drug-likeness (QED) is 0.911. The number of hydrogen-bond acceptors (Lipinski definition) is 2. The Bertz CT molecular complexity index is 721. The van der Waals surface area contributed by atoms with E-state index in [0.717, 1.165) is 12.8 Å². The van der Waals surface area contributed by atoms with Crippen LogP contribution in [-0.4, -0.2) is 17.4 Å². The van der Waals surface area contributed by atoms with E-state index in [1.165, 1.54) is 17.8 Å². The molecule has 0 radical (unpaired) electrons. The highest BCUT2D eigenvalue weighted by Gasteiger charge is 2.44. The van der Waals surface area contributed by atoms with Crippen LogP contribution in [0, 0.1) is 0 Å². The Kier molecular flexibility index (Phi) is 3.55. The van der Waals surface area contributed by atoms with Crippen LogP contribution in [0.5, 0.6) is 0 Å². The summed E-state index contributed by atoms with van der Waals surface area (Å²) in [7, 11) is 0. The fourth-order valence-corrected chi connectivity index (χ4v) is 2.62. The van der Waals surface area contributed by atoms with Gasteiger partial charge in [-0.05, 0) is 24.5 Å². The molecule has 0 spiro atoms. The van der Waals surface area contributed by atoms with Gasteiger partial charge in [0.2, 0.25) is 0 Å². The Balaban J connectivity index is 1.69. The van der Waals surface area contributed by atoms with E-state index in [4.69, 9.17) is 11.6 Å². The van der Waals surface area contributed by atoms with Gasteiger partial charge in [-0.1, -0.05) is 41.9 Å². The van der Waals surface area contributed by atoms with E-state index in [1.807, 2.05) is 18.2 Å². The van der Waals surface area contributed by atoms with Crippen LogP contribution in [-0.2, 0) is 5.41 Å². The highest BCUT2D eigenvalue weighted by atomic mass is 35.5. The zero-order valence-electron chi connectivity index (χ0n) is 11.4. The third kappa shape index (κ3) is 2.85. The number of H-pyrrole nitrogens is 1. The minimum Gasteiger partial charge on any atom is -0.351 e. The molecule has 2 aromatic rings. The van der Waals surface area contributed by atoms with Gasteiger partial charge in [0.15, 0.2) is 0 Å². The smallest absolute Gasteiger partial charge is 0.266 e. The second-order valence-corrected chi connectivity index (χ2v) is 5.80. The molecule has 1 aliphatic rings. The van der Waals surface area contributed by atoms with Gasteiger partial charge >= 0.3 is 0 Å². The Labute approximate surface area is 127 Å². The molecule has 3 rings (SSSR count). The minimum atomic E-state index is -0.392. The van der Waals surface area contributed by atoms with Gasteiger partial charge in [-0.3, -0.25) is 9.59 Å². The molecule has 1 aliphatic carbocycles. The fraction of sp³-hybridized carbons (Fsp3) is 0.250. The van der Waals surface area contributed by atoms with Crippen molar-refractivity contribution in [3.8, 4) is 0 Å². The van der Waals surface area contributed by atoms with Crippen molar-refractivity contribution < 1.29 is 4.79 Å². The van der Waals surface area contributed by atoms with Crippen LogP contribution in [0.25, 0.3) is 0 Å². The average molecular weight is 303 g/mol. The lowest BCUT2D eigenvalue weighted by Crippen LogP contribution is -2.32. The number of carbonyl (C=O) groups excluding carboxylic acids is 1. The van der Waals surface area contributed by atoms with E-state index in [1.54, 1.807) is 0 Å². The van der Waals surface area contributed by atoms with Gasteiger partial charge in [-0.15, -0.1) is 0 Å². The number of carbonyl (C=O) groups is 1.